The summed E-state index contributed by atoms with van der Waals surface area (Å²) in [6, 6.07) is 5.52. The molecule has 7 heteroatoms. The van der Waals surface area contributed by atoms with Crippen LogP contribution in [0.3, 0.4) is 0 Å². The highest BCUT2D eigenvalue weighted by Crippen LogP contribution is 2.18. The monoisotopic (exact) mass is 329 g/mol. The van der Waals surface area contributed by atoms with Crippen molar-refractivity contribution in [3.8, 4) is 0 Å². The predicted molar refractivity (Wildman–Crippen MR) is 91.0 cm³/mol. The number of morpholine rings is 1. The van der Waals surface area contributed by atoms with Gasteiger partial charge in [0.05, 0.1) is 24.2 Å². The maximum absolute atomic E-state index is 12.2. The Kier molecular flexibility index (Phi) is 5.55. The molecule has 1 atom stereocenters. The predicted octanol–water partition coefficient (Wildman–Crippen LogP) is 2.06. The zero-order valence-corrected chi connectivity index (χ0v) is 13.8. The molecule has 0 aliphatic carbocycles. The molecule has 24 heavy (non-hydrogen) atoms. The van der Waals surface area contributed by atoms with Crippen molar-refractivity contribution in [2.45, 2.75) is 32.3 Å². The third-order valence-corrected chi connectivity index (χ3v) is 3.96. The minimum atomic E-state index is -0.237. The Bertz CT molecular complexity index is 662. The Morgan fingerprint density at radius 2 is 2.38 bits per heavy atom. The number of nitrogens with zero attached hydrogens (tertiary/aromatic N) is 2. The van der Waals surface area contributed by atoms with E-state index in [-0.39, 0.29) is 12.0 Å². The molecule has 1 unspecified atom stereocenters. The van der Waals surface area contributed by atoms with Crippen molar-refractivity contribution in [2.75, 3.05) is 25.0 Å². The van der Waals surface area contributed by atoms with Gasteiger partial charge >= 0.3 is 0 Å². The molecule has 0 spiro atoms. The minimum Gasteiger partial charge on any atom is -0.369 e. The number of hydrogen-bond acceptors (Lipinski definition) is 5. The summed E-state index contributed by atoms with van der Waals surface area (Å²) in [6.07, 6.45) is 4.71. The van der Waals surface area contributed by atoms with Crippen LogP contribution in [0.25, 0.3) is 0 Å². The topological polar surface area (TPSA) is 91.9 Å². The molecule has 2 aromatic heterocycles. The molecule has 1 aliphatic rings. The summed E-state index contributed by atoms with van der Waals surface area (Å²) in [5.41, 5.74) is 2.88. The Hall–Kier alpha value is -2.25. The molecular formula is C17H23N5O2. The van der Waals surface area contributed by atoms with E-state index in [4.69, 9.17) is 4.74 Å². The molecule has 1 aliphatic heterocycles. The highest BCUT2D eigenvalue weighted by molar-refractivity contribution is 6.02. The van der Waals surface area contributed by atoms with Crippen LogP contribution < -0.4 is 10.6 Å². The minimum absolute atomic E-state index is 0.0315. The summed E-state index contributed by atoms with van der Waals surface area (Å²) in [5.74, 6) is -0.237. The SMILES string of the molecule is CCCCc1cc(C(=O)Nc2ccc(C3CNCCO3)nc2)n[nH]1. The van der Waals surface area contributed by atoms with Crippen molar-refractivity contribution in [3.63, 3.8) is 0 Å². The summed E-state index contributed by atoms with van der Waals surface area (Å²) >= 11 is 0. The number of amides is 1. The second-order valence-corrected chi connectivity index (χ2v) is 5.87. The van der Waals surface area contributed by atoms with E-state index < -0.39 is 0 Å². The van der Waals surface area contributed by atoms with E-state index in [2.05, 4.69) is 32.7 Å². The standard InChI is InChI=1S/C17H23N5O2/c1-2-3-4-12-9-15(22-21-12)17(23)20-13-5-6-14(19-10-13)16-11-18-7-8-24-16/h5-6,9-10,16,18H,2-4,7-8,11H2,1H3,(H,20,23)(H,21,22). The molecule has 1 fully saturated rings. The van der Waals surface area contributed by atoms with Gasteiger partial charge in [-0.25, -0.2) is 0 Å². The number of aromatic nitrogens is 3. The number of nitrogens with one attached hydrogen (secondary N) is 3. The number of carbonyl (C=O) groups excluding carboxylic acids is 1. The molecule has 1 amide bonds. The normalized spacial score (nSPS) is 17.6. The van der Waals surface area contributed by atoms with Gasteiger partial charge in [0.2, 0.25) is 0 Å². The second kappa shape index (κ2) is 8.03. The summed E-state index contributed by atoms with van der Waals surface area (Å²) < 4.78 is 5.66. The number of anilines is 1. The first-order valence-corrected chi connectivity index (χ1v) is 8.40. The lowest BCUT2D eigenvalue weighted by atomic mass is 10.2. The van der Waals surface area contributed by atoms with E-state index in [0.29, 0.717) is 18.0 Å². The Morgan fingerprint density at radius 1 is 1.46 bits per heavy atom. The summed E-state index contributed by atoms with van der Waals surface area (Å²) in [5, 5.41) is 13.1. The molecule has 0 aromatic carbocycles. The van der Waals surface area contributed by atoms with Crippen molar-refractivity contribution >= 4 is 11.6 Å². The third kappa shape index (κ3) is 4.18. The summed E-state index contributed by atoms with van der Waals surface area (Å²) in [4.78, 5) is 16.6. The molecule has 3 N–H and O–H groups in total. The van der Waals surface area contributed by atoms with E-state index in [1.807, 2.05) is 12.1 Å². The van der Waals surface area contributed by atoms with Gasteiger partial charge in [-0.1, -0.05) is 13.3 Å². The third-order valence-electron chi connectivity index (χ3n) is 3.96. The van der Waals surface area contributed by atoms with Gasteiger partial charge in [-0.15, -0.1) is 0 Å². The molecule has 0 bridgehead atoms. The lowest BCUT2D eigenvalue weighted by Crippen LogP contribution is -2.33. The number of carbonyl (C=O) groups is 1. The zero-order chi connectivity index (χ0) is 16.8. The van der Waals surface area contributed by atoms with Crippen molar-refractivity contribution in [3.05, 3.63) is 41.5 Å². The Morgan fingerprint density at radius 3 is 3.08 bits per heavy atom. The van der Waals surface area contributed by atoms with Crippen LogP contribution in [-0.2, 0) is 11.2 Å². The number of aryl methyl sites for hydroxylation is 1. The van der Waals surface area contributed by atoms with Gasteiger partial charge < -0.3 is 15.4 Å². The fraction of sp³-hybridized carbons (Fsp3) is 0.471. The summed E-state index contributed by atoms with van der Waals surface area (Å²) in [7, 11) is 0. The fourth-order valence-corrected chi connectivity index (χ4v) is 2.59. The van der Waals surface area contributed by atoms with Crippen molar-refractivity contribution in [1.82, 2.24) is 20.5 Å². The Labute approximate surface area is 141 Å². The van der Waals surface area contributed by atoms with Crippen LogP contribution in [0.5, 0.6) is 0 Å². The molecule has 7 nitrogen and oxygen atoms in total. The molecule has 128 valence electrons. The van der Waals surface area contributed by atoms with Crippen molar-refractivity contribution in [1.29, 1.82) is 0 Å². The average molecular weight is 329 g/mol. The number of unbranched alkanes of at least 4 members (excludes halogenated alkanes) is 1. The first-order valence-electron chi connectivity index (χ1n) is 8.40. The number of pyridine rings is 1. The molecule has 1 saturated heterocycles. The van der Waals surface area contributed by atoms with Crippen LogP contribution in [0.2, 0.25) is 0 Å². The maximum Gasteiger partial charge on any atom is 0.276 e. The van der Waals surface area contributed by atoms with Crippen LogP contribution in [0, 0.1) is 0 Å². The number of H-pyrrole nitrogens is 1. The van der Waals surface area contributed by atoms with Gasteiger partial charge in [-0.3, -0.25) is 14.9 Å². The van der Waals surface area contributed by atoms with Crippen molar-refractivity contribution in [2.24, 2.45) is 0 Å². The molecule has 2 aromatic rings. The molecule has 0 radical (unpaired) electrons. The van der Waals surface area contributed by atoms with Gasteiger partial charge in [-0.2, -0.15) is 5.10 Å². The van der Waals surface area contributed by atoms with Crippen molar-refractivity contribution < 1.29 is 9.53 Å². The van der Waals surface area contributed by atoms with E-state index in [1.165, 1.54) is 0 Å². The number of ether oxygens (including phenoxy) is 1. The van der Waals surface area contributed by atoms with Gasteiger partial charge in [0, 0.05) is 18.8 Å². The van der Waals surface area contributed by atoms with E-state index in [1.54, 1.807) is 12.3 Å². The van der Waals surface area contributed by atoms with E-state index in [9.17, 15) is 4.79 Å². The molecule has 0 saturated carbocycles. The largest absolute Gasteiger partial charge is 0.369 e. The number of hydrogen-bond donors (Lipinski definition) is 3. The Balaban J connectivity index is 1.58. The lowest BCUT2D eigenvalue weighted by molar-refractivity contribution is 0.0250. The maximum atomic E-state index is 12.2. The van der Waals surface area contributed by atoms with E-state index >= 15 is 0 Å². The van der Waals surface area contributed by atoms with E-state index in [0.717, 1.165) is 43.7 Å². The number of aromatic amines is 1. The smallest absolute Gasteiger partial charge is 0.276 e. The summed E-state index contributed by atoms with van der Waals surface area (Å²) in [6.45, 7) is 4.44. The highest BCUT2D eigenvalue weighted by atomic mass is 16.5. The fourth-order valence-electron chi connectivity index (χ4n) is 2.59. The second-order valence-electron chi connectivity index (χ2n) is 5.87. The van der Waals surface area contributed by atoms with Crippen LogP contribution in [0.15, 0.2) is 24.4 Å². The van der Waals surface area contributed by atoms with Gasteiger partial charge in [0.15, 0.2) is 5.69 Å². The van der Waals surface area contributed by atoms with Crippen LogP contribution in [-0.4, -0.2) is 40.8 Å². The molecule has 3 rings (SSSR count). The van der Waals surface area contributed by atoms with Gasteiger partial charge in [-0.05, 0) is 31.0 Å². The van der Waals surface area contributed by atoms with Gasteiger partial charge in [0.25, 0.3) is 5.91 Å². The zero-order valence-electron chi connectivity index (χ0n) is 13.8. The number of rotatable bonds is 6. The highest BCUT2D eigenvalue weighted by Gasteiger charge is 2.17. The first-order chi connectivity index (χ1) is 11.8. The van der Waals surface area contributed by atoms with Crippen LogP contribution >= 0.6 is 0 Å². The van der Waals surface area contributed by atoms with Crippen LogP contribution in [0.1, 0.15) is 47.7 Å². The quantitative estimate of drug-likeness (QED) is 0.754. The first kappa shape index (κ1) is 16.6. The molecular weight excluding hydrogens is 306 g/mol. The van der Waals surface area contributed by atoms with Crippen LogP contribution in [0.4, 0.5) is 5.69 Å². The molecule has 3 heterocycles. The lowest BCUT2D eigenvalue weighted by Gasteiger charge is -2.23. The van der Waals surface area contributed by atoms with Gasteiger partial charge in [0.1, 0.15) is 6.10 Å². The average Bonchev–Trinajstić information content (AvgIpc) is 3.10.